The maximum atomic E-state index is 12.5. The number of aromatic nitrogens is 2. The standard InChI is InChI=1S/C25H27N3O3/c1-16-13-20(11-12-23(16)29)22-14-21(27-25(31)28-22)18-7-9-19(10-8-18)24(30)26-15-17-5-3-2-4-6-17/h7-14,17,29H,2-6,15H2,1H3,(H,26,30)(H,27,28,31). The van der Waals surface area contributed by atoms with Gasteiger partial charge in [-0.15, -0.1) is 0 Å². The van der Waals surface area contributed by atoms with Gasteiger partial charge in [-0.05, 0) is 73.2 Å². The lowest BCUT2D eigenvalue weighted by atomic mass is 9.89. The van der Waals surface area contributed by atoms with Crippen LogP contribution in [-0.4, -0.2) is 27.5 Å². The van der Waals surface area contributed by atoms with Gasteiger partial charge < -0.3 is 15.4 Å². The minimum atomic E-state index is -0.451. The van der Waals surface area contributed by atoms with Crippen LogP contribution in [0.4, 0.5) is 0 Å². The maximum absolute atomic E-state index is 12.5. The normalized spacial score (nSPS) is 14.4. The number of rotatable bonds is 5. The Morgan fingerprint density at radius 1 is 1.06 bits per heavy atom. The Labute approximate surface area is 181 Å². The van der Waals surface area contributed by atoms with Gasteiger partial charge in [0.1, 0.15) is 5.75 Å². The molecule has 2 aromatic carbocycles. The second kappa shape index (κ2) is 9.16. The number of aryl methyl sites for hydroxylation is 1. The summed E-state index contributed by atoms with van der Waals surface area (Å²) in [5.41, 5.74) is 3.55. The van der Waals surface area contributed by atoms with Crippen molar-refractivity contribution in [2.75, 3.05) is 6.54 Å². The fourth-order valence-corrected chi connectivity index (χ4v) is 4.11. The second-order valence-electron chi connectivity index (χ2n) is 8.28. The quantitative estimate of drug-likeness (QED) is 0.572. The van der Waals surface area contributed by atoms with Crippen molar-refractivity contribution < 1.29 is 9.90 Å². The van der Waals surface area contributed by atoms with Gasteiger partial charge in [0.2, 0.25) is 0 Å². The van der Waals surface area contributed by atoms with Crippen molar-refractivity contribution in [2.45, 2.75) is 39.0 Å². The Bertz CT molecular complexity index is 1130. The zero-order chi connectivity index (χ0) is 21.8. The van der Waals surface area contributed by atoms with Gasteiger partial charge >= 0.3 is 5.69 Å². The SMILES string of the molecule is Cc1cc(-c2cc(-c3ccc(C(=O)NCC4CCCCC4)cc3)[nH]c(=O)n2)ccc1O. The van der Waals surface area contributed by atoms with Gasteiger partial charge in [0, 0.05) is 17.7 Å². The molecule has 0 atom stereocenters. The highest BCUT2D eigenvalue weighted by Gasteiger charge is 2.15. The van der Waals surface area contributed by atoms with Crippen LogP contribution in [-0.2, 0) is 0 Å². The Kier molecular flexibility index (Phi) is 6.16. The van der Waals surface area contributed by atoms with Crippen molar-refractivity contribution in [1.82, 2.24) is 15.3 Å². The summed E-state index contributed by atoms with van der Waals surface area (Å²) in [4.78, 5) is 31.4. The Morgan fingerprint density at radius 2 is 1.77 bits per heavy atom. The summed E-state index contributed by atoms with van der Waals surface area (Å²) >= 11 is 0. The van der Waals surface area contributed by atoms with Gasteiger partial charge in [0.25, 0.3) is 5.91 Å². The van der Waals surface area contributed by atoms with E-state index < -0.39 is 5.69 Å². The van der Waals surface area contributed by atoms with E-state index in [0.717, 1.165) is 17.7 Å². The first-order chi connectivity index (χ1) is 15.0. The van der Waals surface area contributed by atoms with Crippen LogP contribution in [0.1, 0.15) is 48.0 Å². The van der Waals surface area contributed by atoms with Gasteiger partial charge in [-0.1, -0.05) is 31.4 Å². The van der Waals surface area contributed by atoms with E-state index in [1.807, 2.05) is 12.1 Å². The first-order valence-electron chi connectivity index (χ1n) is 10.8. The fourth-order valence-electron chi connectivity index (χ4n) is 4.11. The van der Waals surface area contributed by atoms with Crippen molar-refractivity contribution >= 4 is 5.91 Å². The maximum Gasteiger partial charge on any atom is 0.345 e. The van der Waals surface area contributed by atoms with Gasteiger partial charge in [-0.25, -0.2) is 4.79 Å². The summed E-state index contributed by atoms with van der Waals surface area (Å²) in [6.07, 6.45) is 6.20. The third-order valence-electron chi connectivity index (χ3n) is 5.97. The Morgan fingerprint density at radius 3 is 2.48 bits per heavy atom. The smallest absolute Gasteiger partial charge is 0.345 e. The molecule has 1 aromatic heterocycles. The number of hydrogen-bond donors (Lipinski definition) is 3. The Hall–Kier alpha value is -3.41. The summed E-state index contributed by atoms with van der Waals surface area (Å²) in [6, 6.07) is 14.1. The van der Waals surface area contributed by atoms with E-state index in [1.165, 1.54) is 32.1 Å². The number of hydrogen-bond acceptors (Lipinski definition) is 4. The van der Waals surface area contributed by atoms with Gasteiger partial charge in [-0.3, -0.25) is 4.79 Å². The number of carbonyl (C=O) groups excluding carboxylic acids is 1. The summed E-state index contributed by atoms with van der Waals surface area (Å²) in [5.74, 6) is 0.715. The molecule has 6 heteroatoms. The average molecular weight is 418 g/mol. The predicted octanol–water partition coefficient (Wildman–Crippen LogP) is 4.43. The number of nitrogens with zero attached hydrogens (tertiary/aromatic N) is 1. The second-order valence-corrected chi connectivity index (χ2v) is 8.28. The zero-order valence-electron chi connectivity index (χ0n) is 17.6. The topological polar surface area (TPSA) is 95.1 Å². The first kappa shape index (κ1) is 20.8. The summed E-state index contributed by atoms with van der Waals surface area (Å²) in [5, 5.41) is 12.8. The number of benzene rings is 2. The summed E-state index contributed by atoms with van der Waals surface area (Å²) in [6.45, 7) is 2.53. The first-order valence-corrected chi connectivity index (χ1v) is 10.8. The third kappa shape index (κ3) is 5.02. The number of aromatic hydroxyl groups is 1. The molecule has 1 aliphatic carbocycles. The predicted molar refractivity (Wildman–Crippen MR) is 121 cm³/mol. The molecule has 1 heterocycles. The van der Waals surface area contributed by atoms with Crippen molar-refractivity contribution in [1.29, 1.82) is 0 Å². The van der Waals surface area contributed by atoms with E-state index in [1.54, 1.807) is 43.3 Å². The molecule has 1 fully saturated rings. The van der Waals surface area contributed by atoms with Gasteiger partial charge in [0.15, 0.2) is 0 Å². The molecule has 1 amide bonds. The number of phenols is 1. The fraction of sp³-hybridized carbons (Fsp3) is 0.320. The highest BCUT2D eigenvalue weighted by molar-refractivity contribution is 5.94. The van der Waals surface area contributed by atoms with Crippen molar-refractivity contribution in [3.63, 3.8) is 0 Å². The molecular formula is C25H27N3O3. The van der Waals surface area contributed by atoms with Crippen LogP contribution in [0.15, 0.2) is 53.3 Å². The molecule has 0 radical (unpaired) electrons. The lowest BCUT2D eigenvalue weighted by Gasteiger charge is -2.21. The molecule has 0 unspecified atom stereocenters. The van der Waals surface area contributed by atoms with Crippen LogP contribution < -0.4 is 11.0 Å². The minimum absolute atomic E-state index is 0.0689. The number of aromatic amines is 1. The van der Waals surface area contributed by atoms with Crippen molar-refractivity contribution in [3.05, 3.63) is 70.1 Å². The number of amides is 1. The largest absolute Gasteiger partial charge is 0.508 e. The van der Waals surface area contributed by atoms with Crippen molar-refractivity contribution in [2.24, 2.45) is 5.92 Å². The van der Waals surface area contributed by atoms with Crippen molar-refractivity contribution in [3.8, 4) is 28.3 Å². The lowest BCUT2D eigenvalue weighted by molar-refractivity contribution is 0.0943. The highest BCUT2D eigenvalue weighted by atomic mass is 16.3. The third-order valence-corrected chi connectivity index (χ3v) is 5.97. The molecule has 0 saturated heterocycles. The average Bonchev–Trinajstić information content (AvgIpc) is 2.79. The van der Waals surface area contributed by atoms with Crippen LogP contribution in [0.3, 0.4) is 0 Å². The summed E-state index contributed by atoms with van der Waals surface area (Å²) in [7, 11) is 0. The molecule has 1 saturated carbocycles. The van der Waals surface area contributed by atoms with Gasteiger partial charge in [-0.2, -0.15) is 4.98 Å². The molecule has 31 heavy (non-hydrogen) atoms. The van der Waals surface area contributed by atoms with E-state index in [2.05, 4.69) is 15.3 Å². The van der Waals surface area contributed by atoms with Crippen LogP contribution in [0.2, 0.25) is 0 Å². The monoisotopic (exact) mass is 417 g/mol. The van der Waals surface area contributed by atoms with Crippen LogP contribution in [0, 0.1) is 12.8 Å². The number of phenolic OH excluding ortho intramolecular Hbond substituents is 1. The van der Waals surface area contributed by atoms with E-state index in [9.17, 15) is 14.7 Å². The van der Waals surface area contributed by atoms with E-state index in [0.29, 0.717) is 28.4 Å². The van der Waals surface area contributed by atoms with E-state index in [-0.39, 0.29) is 11.7 Å². The molecule has 160 valence electrons. The molecule has 0 aliphatic heterocycles. The molecular weight excluding hydrogens is 390 g/mol. The molecule has 4 rings (SSSR count). The lowest BCUT2D eigenvalue weighted by Crippen LogP contribution is -2.30. The van der Waals surface area contributed by atoms with Crippen LogP contribution in [0.5, 0.6) is 5.75 Å². The van der Waals surface area contributed by atoms with Crippen LogP contribution >= 0.6 is 0 Å². The van der Waals surface area contributed by atoms with E-state index in [4.69, 9.17) is 0 Å². The molecule has 0 spiro atoms. The molecule has 1 aliphatic rings. The molecule has 3 N–H and O–H groups in total. The Balaban J connectivity index is 1.50. The number of carbonyl (C=O) groups is 1. The number of H-pyrrole nitrogens is 1. The highest BCUT2D eigenvalue weighted by Crippen LogP contribution is 2.26. The van der Waals surface area contributed by atoms with Crippen LogP contribution in [0.25, 0.3) is 22.5 Å². The summed E-state index contributed by atoms with van der Waals surface area (Å²) < 4.78 is 0. The van der Waals surface area contributed by atoms with E-state index >= 15 is 0 Å². The number of nitrogens with one attached hydrogen (secondary N) is 2. The minimum Gasteiger partial charge on any atom is -0.508 e. The molecule has 6 nitrogen and oxygen atoms in total. The molecule has 3 aromatic rings. The van der Waals surface area contributed by atoms with Gasteiger partial charge in [0.05, 0.1) is 11.4 Å². The molecule has 0 bridgehead atoms. The zero-order valence-corrected chi connectivity index (χ0v) is 17.6.